The summed E-state index contributed by atoms with van der Waals surface area (Å²) in [5.41, 5.74) is 0.921. The van der Waals surface area contributed by atoms with Crippen molar-refractivity contribution in [1.29, 1.82) is 0 Å². The van der Waals surface area contributed by atoms with Crippen molar-refractivity contribution in [3.05, 3.63) is 54.6 Å². The molecule has 0 aliphatic carbocycles. The molecule has 21 heavy (non-hydrogen) atoms. The molecule has 0 aromatic heterocycles. The number of ether oxygens (including phenoxy) is 1. The summed E-state index contributed by atoms with van der Waals surface area (Å²) in [5, 5.41) is 0. The van der Waals surface area contributed by atoms with Crippen LogP contribution in [0.1, 0.15) is 19.8 Å². The summed E-state index contributed by atoms with van der Waals surface area (Å²) in [4.78, 5) is 14.0. The summed E-state index contributed by atoms with van der Waals surface area (Å²) in [7, 11) is 0. The van der Waals surface area contributed by atoms with Crippen molar-refractivity contribution in [1.82, 2.24) is 0 Å². The van der Waals surface area contributed by atoms with Crippen LogP contribution in [-0.2, 0) is 4.79 Å². The minimum atomic E-state index is 0.207. The molecule has 0 radical (unpaired) electrons. The zero-order valence-corrected chi connectivity index (χ0v) is 12.2. The number of hydrogen-bond donors (Lipinski definition) is 0. The maximum Gasteiger partial charge on any atom is 0.227 e. The number of amides is 1. The van der Waals surface area contributed by atoms with E-state index >= 15 is 0 Å². The predicted octanol–water partition coefficient (Wildman–Crippen LogP) is 4.24. The second kappa shape index (κ2) is 6.00. The number of para-hydroxylation sites is 1. The van der Waals surface area contributed by atoms with Gasteiger partial charge in [0.05, 0.1) is 0 Å². The van der Waals surface area contributed by atoms with Gasteiger partial charge in [0.25, 0.3) is 0 Å². The lowest BCUT2D eigenvalue weighted by molar-refractivity contribution is -0.117. The summed E-state index contributed by atoms with van der Waals surface area (Å²) < 4.78 is 5.83. The first-order valence-electron chi connectivity index (χ1n) is 7.39. The Bertz CT molecular complexity index is 624. The molecule has 2 aromatic rings. The summed E-state index contributed by atoms with van der Waals surface area (Å²) in [6.07, 6.45) is 1.70. The number of benzene rings is 2. The van der Waals surface area contributed by atoms with Gasteiger partial charge < -0.3 is 9.64 Å². The second-order valence-electron chi connectivity index (χ2n) is 5.40. The van der Waals surface area contributed by atoms with Gasteiger partial charge in [-0.25, -0.2) is 0 Å². The van der Waals surface area contributed by atoms with E-state index in [4.69, 9.17) is 4.74 Å². The molecule has 3 nitrogen and oxygen atoms in total. The lowest BCUT2D eigenvalue weighted by Crippen LogP contribution is -2.24. The van der Waals surface area contributed by atoms with Crippen LogP contribution in [0.4, 0.5) is 5.69 Å². The maximum atomic E-state index is 12.1. The topological polar surface area (TPSA) is 29.5 Å². The Kier molecular flexibility index (Phi) is 3.91. The number of rotatable bonds is 4. The van der Waals surface area contributed by atoms with Crippen LogP contribution in [0.15, 0.2) is 54.6 Å². The molecule has 1 unspecified atom stereocenters. The van der Waals surface area contributed by atoms with Crippen LogP contribution in [-0.4, -0.2) is 12.5 Å². The highest BCUT2D eigenvalue weighted by Crippen LogP contribution is 2.30. The quantitative estimate of drug-likeness (QED) is 0.838. The molecule has 1 saturated heterocycles. The summed E-state index contributed by atoms with van der Waals surface area (Å²) in [5.74, 6) is 2.23. The Labute approximate surface area is 125 Å². The summed E-state index contributed by atoms with van der Waals surface area (Å²) in [6.45, 7) is 2.94. The molecule has 0 bridgehead atoms. The Hall–Kier alpha value is -2.29. The van der Waals surface area contributed by atoms with Crippen molar-refractivity contribution in [2.75, 3.05) is 11.4 Å². The minimum absolute atomic E-state index is 0.207. The van der Waals surface area contributed by atoms with E-state index in [-0.39, 0.29) is 5.91 Å². The summed E-state index contributed by atoms with van der Waals surface area (Å²) in [6, 6.07) is 17.4. The smallest absolute Gasteiger partial charge is 0.227 e. The maximum absolute atomic E-state index is 12.1. The first-order chi connectivity index (χ1) is 10.3. The van der Waals surface area contributed by atoms with Crippen molar-refractivity contribution < 1.29 is 9.53 Å². The van der Waals surface area contributed by atoms with Crippen LogP contribution in [0, 0.1) is 5.92 Å². The van der Waals surface area contributed by atoms with E-state index in [0.29, 0.717) is 12.3 Å². The monoisotopic (exact) mass is 281 g/mol. The normalized spacial score (nSPS) is 18.0. The fraction of sp³-hybridized carbons (Fsp3) is 0.278. The van der Waals surface area contributed by atoms with Crippen LogP contribution >= 0.6 is 0 Å². The molecule has 3 rings (SSSR count). The molecular formula is C18H19NO2. The fourth-order valence-electron chi connectivity index (χ4n) is 2.64. The van der Waals surface area contributed by atoms with Gasteiger partial charge >= 0.3 is 0 Å². The van der Waals surface area contributed by atoms with Gasteiger partial charge in [-0.1, -0.05) is 37.6 Å². The minimum Gasteiger partial charge on any atom is -0.457 e. The highest BCUT2D eigenvalue weighted by molar-refractivity contribution is 5.95. The third-order valence-electron chi connectivity index (χ3n) is 3.89. The Morgan fingerprint density at radius 1 is 1.10 bits per heavy atom. The second-order valence-corrected chi connectivity index (χ2v) is 5.40. The Morgan fingerprint density at radius 3 is 2.57 bits per heavy atom. The van der Waals surface area contributed by atoms with Crippen LogP contribution in [0.25, 0.3) is 0 Å². The highest BCUT2D eigenvalue weighted by atomic mass is 16.5. The van der Waals surface area contributed by atoms with Gasteiger partial charge in [-0.2, -0.15) is 0 Å². The van der Waals surface area contributed by atoms with E-state index in [1.165, 1.54) is 0 Å². The molecule has 1 atom stereocenters. The number of anilines is 1. The van der Waals surface area contributed by atoms with Gasteiger partial charge in [0, 0.05) is 24.7 Å². The lowest BCUT2D eigenvalue weighted by Gasteiger charge is -2.17. The first-order valence-corrected chi connectivity index (χ1v) is 7.39. The van der Waals surface area contributed by atoms with E-state index in [1.807, 2.05) is 59.5 Å². The van der Waals surface area contributed by atoms with Crippen molar-refractivity contribution in [3.63, 3.8) is 0 Å². The Morgan fingerprint density at radius 2 is 1.86 bits per heavy atom. The molecule has 0 saturated carbocycles. The van der Waals surface area contributed by atoms with Crippen molar-refractivity contribution in [2.45, 2.75) is 19.8 Å². The van der Waals surface area contributed by atoms with Crippen LogP contribution in [0.5, 0.6) is 11.5 Å². The molecule has 1 heterocycles. The molecule has 0 N–H and O–H groups in total. The average Bonchev–Trinajstić information content (AvgIpc) is 2.90. The van der Waals surface area contributed by atoms with Gasteiger partial charge in [-0.15, -0.1) is 0 Å². The van der Waals surface area contributed by atoms with E-state index in [9.17, 15) is 4.79 Å². The average molecular weight is 281 g/mol. The first kappa shape index (κ1) is 13.7. The number of carbonyl (C=O) groups excluding carboxylic acids is 1. The summed E-state index contributed by atoms with van der Waals surface area (Å²) >= 11 is 0. The molecule has 1 amide bonds. The largest absolute Gasteiger partial charge is 0.457 e. The van der Waals surface area contributed by atoms with E-state index < -0.39 is 0 Å². The predicted molar refractivity (Wildman–Crippen MR) is 83.7 cm³/mol. The van der Waals surface area contributed by atoms with Gasteiger partial charge in [0.1, 0.15) is 11.5 Å². The van der Waals surface area contributed by atoms with Gasteiger partial charge in [-0.05, 0) is 30.2 Å². The fourth-order valence-corrected chi connectivity index (χ4v) is 2.64. The van der Waals surface area contributed by atoms with Gasteiger partial charge in [-0.3, -0.25) is 4.79 Å². The van der Waals surface area contributed by atoms with Gasteiger partial charge in [0.15, 0.2) is 0 Å². The molecule has 1 fully saturated rings. The molecule has 2 aromatic carbocycles. The van der Waals surface area contributed by atoms with Crippen LogP contribution < -0.4 is 9.64 Å². The number of carbonyl (C=O) groups is 1. The molecule has 1 aliphatic rings. The molecular weight excluding hydrogens is 262 g/mol. The van der Waals surface area contributed by atoms with E-state index in [0.717, 1.165) is 30.2 Å². The molecule has 1 aliphatic heterocycles. The van der Waals surface area contributed by atoms with Crippen LogP contribution in [0.3, 0.4) is 0 Å². The van der Waals surface area contributed by atoms with Crippen molar-refractivity contribution >= 4 is 11.6 Å². The lowest BCUT2D eigenvalue weighted by atomic mass is 10.1. The highest BCUT2D eigenvalue weighted by Gasteiger charge is 2.29. The number of hydrogen-bond acceptors (Lipinski definition) is 2. The standard InChI is InChI=1S/C18H19NO2/c1-2-14-11-18(20)19(13-14)15-7-6-10-17(12-15)21-16-8-4-3-5-9-16/h3-10,12,14H,2,11,13H2,1H3. The van der Waals surface area contributed by atoms with E-state index in [1.54, 1.807) is 0 Å². The Balaban J connectivity index is 1.79. The third-order valence-corrected chi connectivity index (χ3v) is 3.89. The zero-order chi connectivity index (χ0) is 14.7. The van der Waals surface area contributed by atoms with Crippen molar-refractivity contribution in [3.8, 4) is 11.5 Å². The van der Waals surface area contributed by atoms with Crippen molar-refractivity contribution in [2.24, 2.45) is 5.92 Å². The molecule has 108 valence electrons. The zero-order valence-electron chi connectivity index (χ0n) is 12.2. The van der Waals surface area contributed by atoms with Gasteiger partial charge in [0.2, 0.25) is 5.91 Å². The molecule has 3 heteroatoms. The SMILES string of the molecule is CCC1CC(=O)N(c2cccc(Oc3ccccc3)c2)C1. The van der Waals surface area contributed by atoms with Crippen LogP contribution in [0.2, 0.25) is 0 Å². The third kappa shape index (κ3) is 3.07. The molecule has 0 spiro atoms. The van der Waals surface area contributed by atoms with E-state index in [2.05, 4.69) is 6.92 Å². The number of nitrogens with zero attached hydrogens (tertiary/aromatic N) is 1.